The van der Waals surface area contributed by atoms with Crippen LogP contribution in [-0.2, 0) is 9.59 Å². The van der Waals surface area contributed by atoms with Gasteiger partial charge in [0, 0.05) is 19.5 Å². The van der Waals surface area contributed by atoms with Gasteiger partial charge in [0.1, 0.15) is 0 Å². The first-order valence-electron chi connectivity index (χ1n) is 9.29. The van der Waals surface area contributed by atoms with Crippen molar-refractivity contribution in [3.63, 3.8) is 0 Å². The van der Waals surface area contributed by atoms with Crippen LogP contribution in [0.2, 0.25) is 5.02 Å². The summed E-state index contributed by atoms with van der Waals surface area (Å²) in [5.41, 5.74) is 3.12. The van der Waals surface area contributed by atoms with Gasteiger partial charge in [-0.25, -0.2) is 0 Å². The molecule has 0 saturated heterocycles. The van der Waals surface area contributed by atoms with Crippen molar-refractivity contribution in [2.75, 3.05) is 15.1 Å². The lowest BCUT2D eigenvalue weighted by molar-refractivity contribution is -0.117. The number of halogens is 1. The highest BCUT2D eigenvalue weighted by atomic mass is 35.5. The van der Waals surface area contributed by atoms with Crippen molar-refractivity contribution in [1.29, 1.82) is 0 Å². The van der Waals surface area contributed by atoms with Crippen LogP contribution in [0.15, 0.2) is 66.7 Å². The third kappa shape index (κ3) is 3.31. The van der Waals surface area contributed by atoms with Gasteiger partial charge < -0.3 is 5.32 Å². The molecule has 0 aromatic heterocycles. The number of anilines is 5. The first-order valence-corrected chi connectivity index (χ1v) is 9.66. The van der Waals surface area contributed by atoms with Crippen molar-refractivity contribution < 1.29 is 14.4 Å². The van der Waals surface area contributed by atoms with Gasteiger partial charge in [0.05, 0.1) is 33.3 Å². The van der Waals surface area contributed by atoms with Gasteiger partial charge in [-0.3, -0.25) is 24.2 Å². The highest BCUT2D eigenvalue weighted by molar-refractivity contribution is 6.34. The number of fused-ring (bicyclic) bond motifs is 2. The third-order valence-corrected chi connectivity index (χ3v) is 5.16. The van der Waals surface area contributed by atoms with E-state index in [0.717, 1.165) is 0 Å². The molecule has 0 unspecified atom stereocenters. The van der Waals surface area contributed by atoms with E-state index in [4.69, 9.17) is 11.6 Å². The second-order valence-electron chi connectivity index (χ2n) is 6.84. The molecule has 0 radical (unpaired) electrons. The lowest BCUT2D eigenvalue weighted by Crippen LogP contribution is -2.34. The van der Waals surface area contributed by atoms with Gasteiger partial charge in [0.15, 0.2) is 0 Å². The van der Waals surface area contributed by atoms with Gasteiger partial charge in [-0.05, 0) is 42.5 Å². The number of para-hydroxylation sites is 2. The van der Waals surface area contributed by atoms with E-state index in [0.29, 0.717) is 39.0 Å². The van der Waals surface area contributed by atoms with Crippen LogP contribution >= 0.6 is 11.6 Å². The molecule has 4 rings (SSSR count). The molecule has 0 bridgehead atoms. The van der Waals surface area contributed by atoms with Crippen molar-refractivity contribution in [2.45, 2.75) is 13.8 Å². The number of carbonyl (C=O) groups is 3. The van der Waals surface area contributed by atoms with Gasteiger partial charge in [-0.1, -0.05) is 35.9 Å². The number of hydrogen-bond acceptors (Lipinski definition) is 3. The molecule has 1 aliphatic heterocycles. The van der Waals surface area contributed by atoms with E-state index in [1.807, 2.05) is 6.07 Å². The van der Waals surface area contributed by atoms with E-state index in [-0.39, 0.29) is 17.7 Å². The summed E-state index contributed by atoms with van der Waals surface area (Å²) in [5, 5.41) is 3.15. The molecule has 6 nitrogen and oxygen atoms in total. The van der Waals surface area contributed by atoms with Crippen LogP contribution < -0.4 is 15.1 Å². The van der Waals surface area contributed by atoms with Gasteiger partial charge in [-0.2, -0.15) is 0 Å². The average molecular weight is 420 g/mol. The van der Waals surface area contributed by atoms with E-state index in [1.54, 1.807) is 65.6 Å². The van der Waals surface area contributed by atoms with Gasteiger partial charge in [-0.15, -0.1) is 0 Å². The fourth-order valence-corrected chi connectivity index (χ4v) is 3.82. The van der Waals surface area contributed by atoms with E-state index >= 15 is 0 Å². The molecule has 150 valence electrons. The molecule has 0 spiro atoms. The minimum Gasteiger partial charge on any atom is -0.322 e. The molecule has 0 fully saturated rings. The van der Waals surface area contributed by atoms with Crippen molar-refractivity contribution in [3.8, 4) is 0 Å². The van der Waals surface area contributed by atoms with Crippen LogP contribution in [0, 0.1) is 0 Å². The fraction of sp³-hybridized carbons (Fsp3) is 0.0870. The summed E-state index contributed by atoms with van der Waals surface area (Å²) in [6.45, 7) is 2.93. The Kier molecular flexibility index (Phi) is 5.01. The molecule has 7 heteroatoms. The van der Waals surface area contributed by atoms with E-state index in [9.17, 15) is 14.4 Å². The van der Waals surface area contributed by atoms with Crippen molar-refractivity contribution in [1.82, 2.24) is 0 Å². The lowest BCUT2D eigenvalue weighted by Gasteiger charge is -2.37. The van der Waals surface area contributed by atoms with E-state index in [1.165, 1.54) is 18.7 Å². The second-order valence-corrected chi connectivity index (χ2v) is 7.24. The Bertz CT molecular complexity index is 1190. The standard InChI is InChI=1S/C23H18ClN3O3/c1-14(28)26-19-9-5-6-10-20(19)27(15(2)29)22-13-16(11-12-21(22)26)25-23(30)17-7-3-4-8-18(17)24/h3-13H,1-2H3,(H,25,30). The van der Waals surface area contributed by atoms with Gasteiger partial charge in [0.25, 0.3) is 5.91 Å². The van der Waals surface area contributed by atoms with Gasteiger partial charge >= 0.3 is 0 Å². The molecule has 3 aromatic carbocycles. The summed E-state index contributed by atoms with van der Waals surface area (Å²) in [5.74, 6) is -0.754. The van der Waals surface area contributed by atoms with Crippen LogP contribution in [-0.4, -0.2) is 17.7 Å². The molecule has 0 aliphatic carbocycles. The zero-order valence-corrected chi connectivity index (χ0v) is 17.1. The fourth-order valence-electron chi connectivity index (χ4n) is 3.59. The largest absolute Gasteiger partial charge is 0.322 e. The van der Waals surface area contributed by atoms with Crippen molar-refractivity contribution in [2.24, 2.45) is 0 Å². The number of amides is 3. The summed E-state index contributed by atoms with van der Waals surface area (Å²) < 4.78 is 0. The van der Waals surface area contributed by atoms with E-state index < -0.39 is 0 Å². The molecule has 3 amide bonds. The summed E-state index contributed by atoms with van der Waals surface area (Å²) in [6.07, 6.45) is 0. The molecule has 3 aromatic rings. The molecule has 0 saturated carbocycles. The Hall–Kier alpha value is -3.64. The summed E-state index contributed by atoms with van der Waals surface area (Å²) in [4.78, 5) is 40.7. The minimum atomic E-state index is -0.366. The summed E-state index contributed by atoms with van der Waals surface area (Å²) in [6, 6.07) is 19.0. The predicted octanol–water partition coefficient (Wildman–Crippen LogP) is 5.27. The Morgan fingerprint density at radius 1 is 0.733 bits per heavy atom. The average Bonchev–Trinajstić information content (AvgIpc) is 2.71. The molecule has 30 heavy (non-hydrogen) atoms. The number of nitrogens with zero attached hydrogens (tertiary/aromatic N) is 2. The van der Waals surface area contributed by atoms with Crippen LogP contribution in [0.3, 0.4) is 0 Å². The first-order chi connectivity index (χ1) is 14.4. The minimum absolute atomic E-state index is 0.181. The second kappa shape index (κ2) is 7.65. The highest BCUT2D eigenvalue weighted by Gasteiger charge is 2.32. The summed E-state index contributed by atoms with van der Waals surface area (Å²) >= 11 is 6.12. The number of carbonyl (C=O) groups excluding carboxylic acids is 3. The Balaban J connectivity index is 1.80. The highest BCUT2D eigenvalue weighted by Crippen LogP contribution is 2.48. The number of benzene rings is 3. The maximum absolute atomic E-state index is 12.6. The monoisotopic (exact) mass is 419 g/mol. The van der Waals surface area contributed by atoms with E-state index in [2.05, 4.69) is 5.32 Å². The molecule has 1 heterocycles. The number of nitrogens with one attached hydrogen (secondary N) is 1. The SMILES string of the molecule is CC(=O)N1c2ccccc2N(C(C)=O)c2cc(NC(=O)c3ccccc3Cl)ccc21. The first kappa shape index (κ1) is 19.7. The maximum atomic E-state index is 12.6. The van der Waals surface area contributed by atoms with Gasteiger partial charge in [0.2, 0.25) is 11.8 Å². The molecule has 1 N–H and O–H groups in total. The molecular weight excluding hydrogens is 402 g/mol. The molecule has 1 aliphatic rings. The quantitative estimate of drug-likeness (QED) is 0.614. The summed E-state index contributed by atoms with van der Waals surface area (Å²) in [7, 11) is 0. The normalized spacial score (nSPS) is 12.1. The van der Waals surface area contributed by atoms with Crippen LogP contribution in [0.1, 0.15) is 24.2 Å². The van der Waals surface area contributed by atoms with Crippen LogP contribution in [0.5, 0.6) is 0 Å². The smallest absolute Gasteiger partial charge is 0.257 e. The predicted molar refractivity (Wildman–Crippen MR) is 118 cm³/mol. The van der Waals surface area contributed by atoms with Crippen molar-refractivity contribution >= 4 is 57.8 Å². The maximum Gasteiger partial charge on any atom is 0.257 e. The van der Waals surface area contributed by atoms with Crippen molar-refractivity contribution in [3.05, 3.63) is 77.3 Å². The Labute approximate surface area is 178 Å². The Morgan fingerprint density at radius 3 is 1.87 bits per heavy atom. The topological polar surface area (TPSA) is 69.7 Å². The Morgan fingerprint density at radius 2 is 1.27 bits per heavy atom. The van der Waals surface area contributed by atoms with Crippen LogP contribution in [0.25, 0.3) is 0 Å². The number of hydrogen-bond donors (Lipinski definition) is 1. The zero-order valence-electron chi connectivity index (χ0n) is 16.3. The number of rotatable bonds is 2. The third-order valence-electron chi connectivity index (χ3n) is 4.83. The zero-order chi connectivity index (χ0) is 21.4. The molecular formula is C23H18ClN3O3. The molecule has 0 atom stereocenters. The van der Waals surface area contributed by atoms with Crippen LogP contribution in [0.4, 0.5) is 28.4 Å². The lowest BCUT2D eigenvalue weighted by atomic mass is 10.1.